The van der Waals surface area contributed by atoms with Crippen LogP contribution in [0.2, 0.25) is 0 Å². The molecule has 0 radical (unpaired) electrons. The maximum Gasteiger partial charge on any atom is 0.128 e. The van der Waals surface area contributed by atoms with Crippen LogP contribution in [0, 0.1) is 0 Å². The van der Waals surface area contributed by atoms with Gasteiger partial charge in [-0.25, -0.2) is 4.98 Å². The van der Waals surface area contributed by atoms with Gasteiger partial charge >= 0.3 is 0 Å². The molecule has 2 atom stereocenters. The van der Waals surface area contributed by atoms with E-state index in [2.05, 4.69) is 4.98 Å². The van der Waals surface area contributed by atoms with Crippen molar-refractivity contribution in [3.05, 3.63) is 54.1 Å². The fraction of sp³-hybridized carbons (Fsp3) is 0.357. The summed E-state index contributed by atoms with van der Waals surface area (Å²) in [5, 5.41) is 0. The molecule has 2 aromatic rings. The van der Waals surface area contributed by atoms with E-state index < -0.39 is 0 Å². The highest BCUT2D eigenvalue weighted by molar-refractivity contribution is 5.21. The summed E-state index contributed by atoms with van der Waals surface area (Å²) in [5.74, 6) is 0.831. The molecule has 0 fully saturated rings. The summed E-state index contributed by atoms with van der Waals surface area (Å²) in [6.45, 7) is 2.60. The minimum Gasteiger partial charge on any atom is -0.372 e. The van der Waals surface area contributed by atoms with Gasteiger partial charge in [0.25, 0.3) is 0 Å². The highest BCUT2D eigenvalue weighted by Crippen LogP contribution is 2.28. The molecule has 1 aromatic heterocycles. The Morgan fingerprint density at radius 3 is 2.61 bits per heavy atom. The lowest BCUT2D eigenvalue weighted by Gasteiger charge is -2.23. The second kappa shape index (κ2) is 5.80. The molecule has 0 aliphatic carbocycles. The lowest BCUT2D eigenvalue weighted by molar-refractivity contribution is 0.0403. The maximum absolute atomic E-state index is 6.29. The van der Waals surface area contributed by atoms with Gasteiger partial charge in [0.1, 0.15) is 11.9 Å². The quantitative estimate of drug-likeness (QED) is 0.878. The molecule has 0 spiro atoms. The lowest BCUT2D eigenvalue weighted by Crippen LogP contribution is -2.25. The summed E-state index contributed by atoms with van der Waals surface area (Å²) in [4.78, 5) is 4.30. The predicted molar refractivity (Wildman–Crippen MR) is 70.9 cm³/mol. The van der Waals surface area contributed by atoms with Gasteiger partial charge in [-0.2, -0.15) is 0 Å². The number of hydrogen-bond donors (Lipinski definition) is 1. The third-order valence-corrected chi connectivity index (χ3v) is 2.96. The van der Waals surface area contributed by atoms with Crippen molar-refractivity contribution in [2.75, 3.05) is 6.61 Å². The van der Waals surface area contributed by atoms with Crippen LogP contribution in [0.1, 0.15) is 30.5 Å². The third kappa shape index (κ3) is 2.60. The Labute approximate surface area is 107 Å². The first-order valence-corrected chi connectivity index (χ1v) is 6.13. The molecular weight excluding hydrogens is 226 g/mol. The first-order valence-electron chi connectivity index (χ1n) is 6.13. The van der Waals surface area contributed by atoms with Gasteiger partial charge in [0.2, 0.25) is 0 Å². The molecular formula is C14H19N3O. The fourth-order valence-electron chi connectivity index (χ4n) is 2.06. The van der Waals surface area contributed by atoms with Gasteiger partial charge in [0.05, 0.1) is 6.04 Å². The van der Waals surface area contributed by atoms with Crippen LogP contribution in [-0.2, 0) is 11.8 Å². The molecule has 0 aliphatic rings. The average Bonchev–Trinajstić information content (AvgIpc) is 2.82. The Morgan fingerprint density at radius 2 is 2.06 bits per heavy atom. The molecule has 0 amide bonds. The smallest absolute Gasteiger partial charge is 0.128 e. The van der Waals surface area contributed by atoms with Crippen molar-refractivity contribution in [3.8, 4) is 0 Å². The van der Waals surface area contributed by atoms with Gasteiger partial charge in [-0.3, -0.25) is 0 Å². The van der Waals surface area contributed by atoms with E-state index in [9.17, 15) is 0 Å². The van der Waals surface area contributed by atoms with Crippen LogP contribution in [0.25, 0.3) is 0 Å². The van der Waals surface area contributed by atoms with Crippen LogP contribution in [0.15, 0.2) is 42.7 Å². The summed E-state index contributed by atoms with van der Waals surface area (Å²) in [5.41, 5.74) is 7.37. The predicted octanol–water partition coefficient (Wildman–Crippen LogP) is 2.20. The molecule has 2 rings (SSSR count). The van der Waals surface area contributed by atoms with Crippen molar-refractivity contribution in [3.63, 3.8) is 0 Å². The van der Waals surface area contributed by atoms with E-state index in [1.165, 1.54) is 0 Å². The Balaban J connectivity index is 2.28. The van der Waals surface area contributed by atoms with E-state index in [-0.39, 0.29) is 12.1 Å². The number of aryl methyl sites for hydroxylation is 1. The molecule has 0 saturated heterocycles. The number of aromatic nitrogens is 2. The first-order chi connectivity index (χ1) is 8.74. The van der Waals surface area contributed by atoms with Crippen LogP contribution < -0.4 is 5.73 Å². The Kier molecular flexibility index (Phi) is 4.12. The normalized spacial score (nSPS) is 14.4. The molecule has 0 saturated carbocycles. The van der Waals surface area contributed by atoms with Crippen LogP contribution in [0.5, 0.6) is 0 Å². The van der Waals surface area contributed by atoms with Crippen LogP contribution >= 0.6 is 0 Å². The lowest BCUT2D eigenvalue weighted by atomic mass is 10.0. The number of hydrogen-bond acceptors (Lipinski definition) is 3. The molecule has 0 bridgehead atoms. The summed E-state index contributed by atoms with van der Waals surface area (Å²) in [6.07, 6.45) is 3.48. The topological polar surface area (TPSA) is 53.1 Å². The monoisotopic (exact) mass is 245 g/mol. The van der Waals surface area contributed by atoms with E-state index in [0.29, 0.717) is 6.61 Å². The summed E-state index contributed by atoms with van der Waals surface area (Å²) in [7, 11) is 1.94. The molecule has 1 aromatic carbocycles. The van der Waals surface area contributed by atoms with Crippen molar-refractivity contribution < 1.29 is 4.74 Å². The molecule has 2 unspecified atom stereocenters. The molecule has 4 nitrogen and oxygen atoms in total. The summed E-state index contributed by atoms with van der Waals surface area (Å²) >= 11 is 0. The van der Waals surface area contributed by atoms with E-state index in [0.717, 1.165) is 11.4 Å². The van der Waals surface area contributed by atoms with Crippen molar-refractivity contribution in [1.82, 2.24) is 9.55 Å². The SMILES string of the molecule is CCOC(c1ccccc1)C(N)c1nccn1C. The Morgan fingerprint density at radius 1 is 1.33 bits per heavy atom. The van der Waals surface area contributed by atoms with Gasteiger partial charge in [0, 0.05) is 26.0 Å². The van der Waals surface area contributed by atoms with Gasteiger partial charge in [-0.05, 0) is 12.5 Å². The zero-order valence-corrected chi connectivity index (χ0v) is 10.8. The van der Waals surface area contributed by atoms with Gasteiger partial charge in [-0.15, -0.1) is 0 Å². The molecule has 18 heavy (non-hydrogen) atoms. The second-order valence-electron chi connectivity index (χ2n) is 4.21. The van der Waals surface area contributed by atoms with Gasteiger partial charge in [-0.1, -0.05) is 30.3 Å². The zero-order chi connectivity index (χ0) is 13.0. The molecule has 96 valence electrons. The van der Waals surface area contributed by atoms with Crippen molar-refractivity contribution in [1.29, 1.82) is 0 Å². The molecule has 0 aliphatic heterocycles. The second-order valence-corrected chi connectivity index (χ2v) is 4.21. The van der Waals surface area contributed by atoms with E-state index in [1.807, 2.05) is 55.1 Å². The third-order valence-electron chi connectivity index (χ3n) is 2.96. The van der Waals surface area contributed by atoms with E-state index in [1.54, 1.807) is 6.20 Å². The Hall–Kier alpha value is -1.65. The molecule has 4 heteroatoms. The number of imidazole rings is 1. The van der Waals surface area contributed by atoms with Crippen LogP contribution in [0.3, 0.4) is 0 Å². The highest BCUT2D eigenvalue weighted by Gasteiger charge is 2.24. The van der Waals surface area contributed by atoms with E-state index >= 15 is 0 Å². The van der Waals surface area contributed by atoms with Crippen LogP contribution in [0.4, 0.5) is 0 Å². The van der Waals surface area contributed by atoms with E-state index in [4.69, 9.17) is 10.5 Å². The number of nitrogens with two attached hydrogens (primary N) is 1. The largest absolute Gasteiger partial charge is 0.372 e. The van der Waals surface area contributed by atoms with Gasteiger partial charge in [0.15, 0.2) is 0 Å². The van der Waals surface area contributed by atoms with Crippen molar-refractivity contribution in [2.45, 2.75) is 19.1 Å². The van der Waals surface area contributed by atoms with Gasteiger partial charge < -0.3 is 15.0 Å². The minimum absolute atomic E-state index is 0.169. The first kappa shape index (κ1) is 12.8. The standard InChI is InChI=1S/C14H19N3O/c1-3-18-13(11-7-5-4-6-8-11)12(15)14-16-9-10-17(14)2/h4-10,12-13H,3,15H2,1-2H3. The summed E-state index contributed by atoms with van der Waals surface area (Å²) in [6, 6.07) is 9.76. The van der Waals surface area contributed by atoms with Crippen molar-refractivity contribution >= 4 is 0 Å². The number of benzene rings is 1. The maximum atomic E-state index is 6.29. The number of rotatable bonds is 5. The summed E-state index contributed by atoms with van der Waals surface area (Å²) < 4.78 is 7.72. The zero-order valence-electron chi connectivity index (χ0n) is 10.8. The highest BCUT2D eigenvalue weighted by atomic mass is 16.5. The minimum atomic E-state index is -0.271. The Bertz CT molecular complexity index is 481. The molecule has 2 N–H and O–H groups in total. The van der Waals surface area contributed by atoms with Crippen molar-refractivity contribution in [2.24, 2.45) is 12.8 Å². The molecule has 1 heterocycles. The number of ether oxygens (including phenoxy) is 1. The average molecular weight is 245 g/mol. The fourth-order valence-corrected chi connectivity index (χ4v) is 2.06. The van der Waals surface area contributed by atoms with Crippen LogP contribution in [-0.4, -0.2) is 16.2 Å². The number of nitrogens with zero attached hydrogens (tertiary/aromatic N) is 2.